The Morgan fingerprint density at radius 1 is 1.53 bits per heavy atom. The number of aromatic nitrogens is 2. The molecule has 0 aliphatic heterocycles. The molecular formula is C8H12BrN3O2S. The topological polar surface area (TPSA) is 72.0 Å². The van der Waals surface area contributed by atoms with Crippen LogP contribution in [-0.4, -0.2) is 36.4 Å². The summed E-state index contributed by atoms with van der Waals surface area (Å²) in [6, 6.07) is 0. The normalized spacial score (nSPS) is 11.3. The average molecular weight is 294 g/mol. The van der Waals surface area contributed by atoms with Crippen LogP contribution < -0.4 is 5.32 Å². The molecule has 1 heterocycles. The highest BCUT2D eigenvalue weighted by Gasteiger charge is 2.07. The van der Waals surface area contributed by atoms with Crippen LogP contribution >= 0.6 is 15.9 Å². The summed E-state index contributed by atoms with van der Waals surface area (Å²) in [4.78, 5) is 7.76. The summed E-state index contributed by atoms with van der Waals surface area (Å²) >= 11 is 3.26. The first-order valence-electron chi connectivity index (χ1n) is 4.45. The van der Waals surface area contributed by atoms with Crippen molar-refractivity contribution in [2.45, 2.75) is 6.92 Å². The van der Waals surface area contributed by atoms with Crippen molar-refractivity contribution >= 4 is 31.6 Å². The van der Waals surface area contributed by atoms with Gasteiger partial charge in [-0.15, -0.1) is 0 Å². The van der Waals surface area contributed by atoms with Crippen molar-refractivity contribution in [1.82, 2.24) is 9.97 Å². The average Bonchev–Trinajstić information content (AvgIpc) is 2.21. The maximum atomic E-state index is 11.2. The fraction of sp³-hybridized carbons (Fsp3) is 0.500. The molecule has 0 saturated heterocycles. The van der Waals surface area contributed by atoms with Gasteiger partial charge in [0.25, 0.3) is 0 Å². The zero-order valence-corrected chi connectivity index (χ0v) is 10.7. The van der Waals surface area contributed by atoms with Gasteiger partial charge in [0, 0.05) is 18.5 Å². The van der Waals surface area contributed by atoms with Crippen LogP contribution in [0.4, 0.5) is 5.82 Å². The molecule has 5 nitrogen and oxygen atoms in total. The van der Waals surface area contributed by atoms with E-state index < -0.39 is 9.84 Å². The summed E-state index contributed by atoms with van der Waals surface area (Å²) in [6.45, 7) is 1.99. The van der Waals surface area contributed by atoms with Gasteiger partial charge < -0.3 is 5.32 Å². The van der Waals surface area contributed by atoms with Gasteiger partial charge in [0.05, 0.1) is 10.2 Å². The first kappa shape index (κ1) is 12.4. The number of sulfone groups is 1. The first-order valence-corrected chi connectivity index (χ1v) is 7.06. The summed E-state index contributed by atoms with van der Waals surface area (Å²) in [7, 11) is -2.92. The fourth-order valence-corrected chi connectivity index (χ4v) is 1.97. The SMILES string of the molecule is CCS(=O)(=O)CCNc1ncncc1Br. The molecule has 1 aromatic heterocycles. The minimum atomic E-state index is -2.92. The second kappa shape index (κ2) is 5.41. The van der Waals surface area contributed by atoms with Gasteiger partial charge in [-0.25, -0.2) is 18.4 Å². The van der Waals surface area contributed by atoms with Crippen LogP contribution in [0.5, 0.6) is 0 Å². The van der Waals surface area contributed by atoms with E-state index in [1.807, 2.05) is 0 Å². The summed E-state index contributed by atoms with van der Waals surface area (Å²) in [5, 5.41) is 2.93. The molecule has 0 aliphatic carbocycles. The molecule has 1 aromatic rings. The Hall–Kier alpha value is -0.690. The van der Waals surface area contributed by atoms with Crippen molar-refractivity contribution in [3.63, 3.8) is 0 Å². The number of halogens is 1. The van der Waals surface area contributed by atoms with E-state index in [2.05, 4.69) is 31.2 Å². The zero-order valence-electron chi connectivity index (χ0n) is 8.27. The molecule has 84 valence electrons. The first-order chi connectivity index (χ1) is 7.05. The molecule has 0 spiro atoms. The maximum Gasteiger partial charge on any atom is 0.151 e. The second-order valence-electron chi connectivity index (χ2n) is 2.88. The number of anilines is 1. The lowest BCUT2D eigenvalue weighted by molar-refractivity contribution is 0.597. The van der Waals surface area contributed by atoms with Crippen molar-refractivity contribution in [3.05, 3.63) is 17.0 Å². The van der Waals surface area contributed by atoms with Gasteiger partial charge in [-0.3, -0.25) is 0 Å². The Morgan fingerprint density at radius 2 is 2.27 bits per heavy atom. The minimum absolute atomic E-state index is 0.111. The Morgan fingerprint density at radius 3 is 2.87 bits per heavy atom. The molecule has 1 N–H and O–H groups in total. The highest BCUT2D eigenvalue weighted by molar-refractivity contribution is 9.10. The van der Waals surface area contributed by atoms with E-state index in [1.165, 1.54) is 6.33 Å². The van der Waals surface area contributed by atoms with Crippen molar-refractivity contribution < 1.29 is 8.42 Å². The van der Waals surface area contributed by atoms with Crippen LogP contribution in [0.15, 0.2) is 17.0 Å². The van der Waals surface area contributed by atoms with Crippen LogP contribution in [0.1, 0.15) is 6.92 Å². The quantitative estimate of drug-likeness (QED) is 0.880. The largest absolute Gasteiger partial charge is 0.368 e. The van der Waals surface area contributed by atoms with Crippen molar-refractivity contribution in [2.24, 2.45) is 0 Å². The smallest absolute Gasteiger partial charge is 0.151 e. The number of rotatable bonds is 5. The number of hydrogen-bond donors (Lipinski definition) is 1. The number of nitrogens with one attached hydrogen (secondary N) is 1. The van der Waals surface area contributed by atoms with Gasteiger partial charge >= 0.3 is 0 Å². The van der Waals surface area contributed by atoms with Gasteiger partial charge in [-0.2, -0.15) is 0 Å². The molecule has 0 unspecified atom stereocenters. The lowest BCUT2D eigenvalue weighted by Crippen LogP contribution is -2.17. The van der Waals surface area contributed by atoms with Crippen LogP contribution in [0.25, 0.3) is 0 Å². The molecule has 0 atom stereocenters. The van der Waals surface area contributed by atoms with Crippen LogP contribution in [0, 0.1) is 0 Å². The second-order valence-corrected chi connectivity index (χ2v) is 6.21. The van der Waals surface area contributed by atoms with E-state index >= 15 is 0 Å². The van der Waals surface area contributed by atoms with Crippen molar-refractivity contribution in [1.29, 1.82) is 0 Å². The third-order valence-electron chi connectivity index (χ3n) is 1.81. The molecule has 0 radical (unpaired) electrons. The molecule has 0 aliphatic rings. The molecule has 7 heteroatoms. The Balaban J connectivity index is 2.49. The molecular weight excluding hydrogens is 282 g/mol. The maximum absolute atomic E-state index is 11.2. The van der Waals surface area contributed by atoms with Crippen LogP contribution in [-0.2, 0) is 9.84 Å². The molecule has 0 aromatic carbocycles. The molecule has 1 rings (SSSR count). The van der Waals surface area contributed by atoms with E-state index in [0.29, 0.717) is 12.4 Å². The van der Waals surface area contributed by atoms with E-state index in [4.69, 9.17) is 0 Å². The third-order valence-corrected chi connectivity index (χ3v) is 4.10. The summed E-state index contributed by atoms with van der Waals surface area (Å²) in [5.74, 6) is 0.885. The molecule has 15 heavy (non-hydrogen) atoms. The zero-order chi connectivity index (χ0) is 11.3. The Kier molecular flexibility index (Phi) is 4.46. The van der Waals surface area contributed by atoms with Gasteiger partial charge in [0.2, 0.25) is 0 Å². The lowest BCUT2D eigenvalue weighted by atomic mass is 10.5. The van der Waals surface area contributed by atoms with Crippen LogP contribution in [0.3, 0.4) is 0 Å². The minimum Gasteiger partial charge on any atom is -0.368 e. The fourth-order valence-electron chi connectivity index (χ4n) is 0.912. The van der Waals surface area contributed by atoms with Gasteiger partial charge in [0.15, 0.2) is 9.84 Å². The van der Waals surface area contributed by atoms with Gasteiger partial charge in [-0.1, -0.05) is 6.92 Å². The predicted octanol–water partition coefficient (Wildman–Crippen LogP) is 1.09. The highest BCUT2D eigenvalue weighted by atomic mass is 79.9. The Labute approximate surface area is 97.4 Å². The summed E-state index contributed by atoms with van der Waals surface area (Å²) < 4.78 is 23.1. The highest BCUT2D eigenvalue weighted by Crippen LogP contribution is 2.16. The standard InChI is InChI=1S/C8H12BrN3O2S/c1-2-15(13,14)4-3-11-8-7(9)5-10-6-12-8/h5-6H,2-4H2,1H3,(H,10,11,12). The van der Waals surface area contributed by atoms with Crippen LogP contribution in [0.2, 0.25) is 0 Å². The lowest BCUT2D eigenvalue weighted by Gasteiger charge is -2.06. The van der Waals surface area contributed by atoms with Gasteiger partial charge in [0.1, 0.15) is 12.1 Å². The van der Waals surface area contributed by atoms with E-state index in [0.717, 1.165) is 4.47 Å². The third kappa shape index (κ3) is 4.13. The van der Waals surface area contributed by atoms with E-state index in [-0.39, 0.29) is 11.5 Å². The molecule has 0 fully saturated rings. The summed E-state index contributed by atoms with van der Waals surface area (Å²) in [5.41, 5.74) is 0. The summed E-state index contributed by atoms with van der Waals surface area (Å²) in [6.07, 6.45) is 3.01. The van der Waals surface area contributed by atoms with E-state index in [1.54, 1.807) is 13.1 Å². The monoisotopic (exact) mass is 293 g/mol. The molecule has 0 amide bonds. The molecule has 0 bridgehead atoms. The molecule has 0 saturated carbocycles. The number of nitrogens with zero attached hydrogens (tertiary/aromatic N) is 2. The predicted molar refractivity (Wildman–Crippen MR) is 62.5 cm³/mol. The van der Waals surface area contributed by atoms with E-state index in [9.17, 15) is 8.42 Å². The van der Waals surface area contributed by atoms with Crippen molar-refractivity contribution in [2.75, 3.05) is 23.4 Å². The van der Waals surface area contributed by atoms with Crippen molar-refractivity contribution in [3.8, 4) is 0 Å². The van der Waals surface area contributed by atoms with Gasteiger partial charge in [-0.05, 0) is 15.9 Å². The number of hydrogen-bond acceptors (Lipinski definition) is 5. The Bertz CT molecular complexity index is 422.